The Morgan fingerprint density at radius 2 is 1.86 bits per heavy atom. The van der Waals surface area contributed by atoms with Crippen LogP contribution >= 0.6 is 11.6 Å². The van der Waals surface area contributed by atoms with Crippen molar-refractivity contribution in [2.75, 3.05) is 53.6 Å². The summed E-state index contributed by atoms with van der Waals surface area (Å²) in [6, 6.07) is 3.78. The molecule has 0 amide bonds. The molecule has 22 heavy (non-hydrogen) atoms. The minimum absolute atomic E-state index is 0.673. The number of quaternary nitrogens is 2. The third-order valence-electron chi connectivity index (χ3n) is 4.06. The van der Waals surface area contributed by atoms with E-state index in [-0.39, 0.29) is 0 Å². The first-order chi connectivity index (χ1) is 10.7. The molecule has 0 aromatic heterocycles. The average molecular weight is 331 g/mol. The number of halogens is 1. The van der Waals surface area contributed by atoms with Gasteiger partial charge in [-0.15, -0.1) is 0 Å². The lowest BCUT2D eigenvalue weighted by molar-refractivity contribution is -0.909. The third kappa shape index (κ3) is 5.02. The van der Waals surface area contributed by atoms with Gasteiger partial charge < -0.3 is 24.4 Å². The van der Waals surface area contributed by atoms with Crippen LogP contribution in [0.25, 0.3) is 0 Å². The highest BCUT2D eigenvalue weighted by molar-refractivity contribution is 6.31. The molecule has 1 heterocycles. The molecule has 6 heteroatoms. The van der Waals surface area contributed by atoms with E-state index < -0.39 is 0 Å². The smallest absolute Gasteiger partial charge is 0.162 e. The summed E-state index contributed by atoms with van der Waals surface area (Å²) in [5.41, 5.74) is 1.08. The Kier molecular flexibility index (Phi) is 7.25. The lowest BCUT2D eigenvalue weighted by Gasteiger charge is -2.23. The summed E-state index contributed by atoms with van der Waals surface area (Å²) >= 11 is 6.30. The van der Waals surface area contributed by atoms with Crippen LogP contribution in [0.1, 0.15) is 12.0 Å². The van der Waals surface area contributed by atoms with Crippen molar-refractivity contribution < 1.29 is 24.4 Å². The van der Waals surface area contributed by atoms with E-state index in [1.165, 1.54) is 13.0 Å². The summed E-state index contributed by atoms with van der Waals surface area (Å²) in [6.45, 7) is 7.27. The largest absolute Gasteiger partial charge is 0.493 e. The van der Waals surface area contributed by atoms with Crippen LogP contribution in [0.5, 0.6) is 11.5 Å². The number of methoxy groups -OCH3 is 2. The Morgan fingerprint density at radius 3 is 2.55 bits per heavy atom. The lowest BCUT2D eigenvalue weighted by atomic mass is 10.2. The van der Waals surface area contributed by atoms with Gasteiger partial charge in [0.15, 0.2) is 11.5 Å². The summed E-state index contributed by atoms with van der Waals surface area (Å²) in [7, 11) is 3.26. The Balaban J connectivity index is 1.74. The van der Waals surface area contributed by atoms with E-state index in [9.17, 15) is 0 Å². The van der Waals surface area contributed by atoms with Crippen molar-refractivity contribution in [1.29, 1.82) is 0 Å². The van der Waals surface area contributed by atoms with E-state index in [1.807, 2.05) is 12.1 Å². The van der Waals surface area contributed by atoms with Gasteiger partial charge in [-0.25, -0.2) is 0 Å². The molecule has 0 radical (unpaired) electrons. The maximum atomic E-state index is 6.30. The fraction of sp³-hybridized carbons (Fsp3) is 0.625. The van der Waals surface area contributed by atoms with Crippen molar-refractivity contribution in [2.45, 2.75) is 13.0 Å². The highest BCUT2D eigenvalue weighted by Crippen LogP contribution is 2.32. The van der Waals surface area contributed by atoms with E-state index >= 15 is 0 Å². The monoisotopic (exact) mass is 330 g/mol. The molecule has 1 fully saturated rings. The van der Waals surface area contributed by atoms with Crippen LogP contribution in [-0.4, -0.2) is 53.6 Å². The van der Waals surface area contributed by atoms with E-state index in [2.05, 4.69) is 5.32 Å². The Labute approximate surface area is 137 Å². The summed E-state index contributed by atoms with van der Waals surface area (Å²) in [5.74, 6) is 1.40. The van der Waals surface area contributed by atoms with Gasteiger partial charge in [-0.05, 0) is 6.07 Å². The van der Waals surface area contributed by atoms with E-state index in [0.29, 0.717) is 5.75 Å². The van der Waals surface area contributed by atoms with Crippen LogP contribution in [0.2, 0.25) is 5.02 Å². The quantitative estimate of drug-likeness (QED) is 0.645. The Hall–Kier alpha value is -1.01. The van der Waals surface area contributed by atoms with Gasteiger partial charge in [0.05, 0.1) is 45.5 Å². The number of nitrogens with two attached hydrogens (primary N) is 1. The molecule has 3 N–H and O–H groups in total. The molecule has 0 aliphatic carbocycles. The molecule has 1 saturated heterocycles. The minimum atomic E-state index is 0.673. The molecule has 0 unspecified atom stereocenters. The molecule has 1 aromatic carbocycles. The van der Waals surface area contributed by atoms with Crippen molar-refractivity contribution in [2.24, 2.45) is 0 Å². The second-order valence-corrected chi connectivity index (χ2v) is 5.95. The zero-order chi connectivity index (χ0) is 15.8. The van der Waals surface area contributed by atoms with Crippen LogP contribution < -0.4 is 19.7 Å². The van der Waals surface area contributed by atoms with Gasteiger partial charge in [-0.1, -0.05) is 11.6 Å². The van der Waals surface area contributed by atoms with Crippen molar-refractivity contribution in [3.8, 4) is 11.5 Å². The molecule has 2 rings (SSSR count). The highest BCUT2D eigenvalue weighted by Gasteiger charge is 2.14. The average Bonchev–Trinajstić information content (AvgIpc) is 2.56. The van der Waals surface area contributed by atoms with E-state index in [0.717, 1.165) is 55.7 Å². The normalized spacial score (nSPS) is 15.8. The van der Waals surface area contributed by atoms with Crippen molar-refractivity contribution in [3.63, 3.8) is 0 Å². The SMILES string of the molecule is COc1cc(Cl)c(C[NH2+]CCC[NH+]2CCOCC2)cc1OC. The van der Waals surface area contributed by atoms with Crippen molar-refractivity contribution in [3.05, 3.63) is 22.7 Å². The van der Waals surface area contributed by atoms with Gasteiger partial charge in [0.25, 0.3) is 0 Å². The fourth-order valence-electron chi connectivity index (χ4n) is 2.72. The van der Waals surface area contributed by atoms with Crippen LogP contribution in [0, 0.1) is 0 Å². The second-order valence-electron chi connectivity index (χ2n) is 5.55. The zero-order valence-corrected chi connectivity index (χ0v) is 14.2. The molecule has 0 saturated carbocycles. The summed E-state index contributed by atoms with van der Waals surface area (Å²) in [6.07, 6.45) is 1.21. The van der Waals surface area contributed by atoms with E-state index in [4.69, 9.17) is 25.8 Å². The summed E-state index contributed by atoms with van der Waals surface area (Å²) in [5, 5.41) is 3.03. The number of morpholine rings is 1. The van der Waals surface area contributed by atoms with Gasteiger partial charge in [-0.3, -0.25) is 0 Å². The van der Waals surface area contributed by atoms with Gasteiger partial charge in [0, 0.05) is 18.1 Å². The van der Waals surface area contributed by atoms with Crippen molar-refractivity contribution >= 4 is 11.6 Å². The van der Waals surface area contributed by atoms with Crippen LogP contribution in [0.15, 0.2) is 12.1 Å². The summed E-state index contributed by atoms with van der Waals surface area (Å²) in [4.78, 5) is 1.66. The molecular weight excluding hydrogens is 304 g/mol. The molecule has 124 valence electrons. The first-order valence-electron chi connectivity index (χ1n) is 7.88. The second kappa shape index (κ2) is 9.20. The number of hydrogen-bond acceptors (Lipinski definition) is 3. The standard InChI is InChI=1S/C16H25ClN2O3/c1-20-15-10-13(14(17)11-16(15)21-2)12-18-4-3-5-19-6-8-22-9-7-19/h10-11,18H,3-9,12H2,1-2H3/p+2. The number of nitrogens with one attached hydrogen (secondary N) is 1. The molecule has 1 aliphatic heterocycles. The predicted octanol–water partition coefficient (Wildman–Crippen LogP) is -0.274. The molecule has 0 atom stereocenters. The summed E-state index contributed by atoms with van der Waals surface area (Å²) < 4.78 is 15.9. The Morgan fingerprint density at radius 1 is 1.18 bits per heavy atom. The molecule has 1 aliphatic rings. The molecule has 1 aromatic rings. The maximum absolute atomic E-state index is 6.30. The van der Waals surface area contributed by atoms with Crippen LogP contribution in [0.4, 0.5) is 0 Å². The van der Waals surface area contributed by atoms with Gasteiger partial charge >= 0.3 is 0 Å². The number of ether oxygens (including phenoxy) is 3. The van der Waals surface area contributed by atoms with Crippen LogP contribution in [0.3, 0.4) is 0 Å². The first kappa shape index (κ1) is 17.3. The topological polar surface area (TPSA) is 48.7 Å². The first-order valence-corrected chi connectivity index (χ1v) is 8.25. The molecule has 5 nitrogen and oxygen atoms in total. The third-order valence-corrected chi connectivity index (χ3v) is 4.41. The minimum Gasteiger partial charge on any atom is -0.493 e. The highest BCUT2D eigenvalue weighted by atomic mass is 35.5. The number of benzene rings is 1. The van der Waals surface area contributed by atoms with E-state index in [1.54, 1.807) is 19.1 Å². The lowest BCUT2D eigenvalue weighted by Crippen LogP contribution is -3.14. The maximum Gasteiger partial charge on any atom is 0.162 e. The predicted molar refractivity (Wildman–Crippen MR) is 86.1 cm³/mol. The molecule has 0 spiro atoms. The zero-order valence-electron chi connectivity index (χ0n) is 13.5. The fourth-order valence-corrected chi connectivity index (χ4v) is 2.95. The molecular formula is C16H27ClN2O3+2. The Bertz CT molecular complexity index is 465. The number of hydrogen-bond donors (Lipinski definition) is 2. The van der Waals surface area contributed by atoms with Crippen LogP contribution in [-0.2, 0) is 11.3 Å². The van der Waals surface area contributed by atoms with Gasteiger partial charge in [-0.2, -0.15) is 0 Å². The van der Waals surface area contributed by atoms with Gasteiger partial charge in [0.2, 0.25) is 0 Å². The van der Waals surface area contributed by atoms with Crippen molar-refractivity contribution in [1.82, 2.24) is 0 Å². The molecule has 0 bridgehead atoms. The number of rotatable bonds is 8. The van der Waals surface area contributed by atoms with Gasteiger partial charge in [0.1, 0.15) is 19.6 Å².